The highest BCUT2D eigenvalue weighted by molar-refractivity contribution is 9.10. The second-order valence-electron chi connectivity index (χ2n) is 2.52. The summed E-state index contributed by atoms with van der Waals surface area (Å²) < 4.78 is 62.8. The molecular weight excluding hydrogens is 305 g/mol. The first-order valence-electron chi connectivity index (χ1n) is 3.64. The van der Waals surface area contributed by atoms with E-state index in [1.54, 1.807) is 0 Å². The molecule has 16 heavy (non-hydrogen) atoms. The minimum Gasteiger partial charge on any atom is -0.505 e. The molecule has 0 atom stereocenters. The standard InChI is InChI=1S/C7H3BrF5NO2/c8-2-1-3(16-7(11,12)13)14-4(5(2)15)6(9)10/h1,6,15H. The third kappa shape index (κ3) is 3.19. The summed E-state index contributed by atoms with van der Waals surface area (Å²) in [6.45, 7) is 0. The molecule has 0 unspecified atom stereocenters. The van der Waals surface area contributed by atoms with Gasteiger partial charge in [-0.25, -0.2) is 13.8 Å². The number of aromatic hydroxyl groups is 1. The van der Waals surface area contributed by atoms with Gasteiger partial charge in [0.15, 0.2) is 11.4 Å². The summed E-state index contributed by atoms with van der Waals surface area (Å²) in [6.07, 6.45) is -8.25. The van der Waals surface area contributed by atoms with Gasteiger partial charge in [0, 0.05) is 6.07 Å². The van der Waals surface area contributed by atoms with Crippen molar-refractivity contribution in [1.82, 2.24) is 4.98 Å². The van der Waals surface area contributed by atoms with Gasteiger partial charge in [-0.1, -0.05) is 0 Å². The van der Waals surface area contributed by atoms with Crippen molar-refractivity contribution in [2.24, 2.45) is 0 Å². The Balaban J connectivity index is 3.14. The van der Waals surface area contributed by atoms with E-state index in [1.807, 2.05) is 0 Å². The van der Waals surface area contributed by atoms with Crippen LogP contribution in [0.15, 0.2) is 10.5 Å². The molecule has 0 aliphatic carbocycles. The zero-order valence-corrected chi connectivity index (χ0v) is 8.81. The Labute approximate surface area is 94.0 Å². The Kier molecular flexibility index (Phi) is 3.56. The second-order valence-corrected chi connectivity index (χ2v) is 3.38. The van der Waals surface area contributed by atoms with E-state index >= 15 is 0 Å². The van der Waals surface area contributed by atoms with Gasteiger partial charge in [0.2, 0.25) is 5.88 Å². The lowest BCUT2D eigenvalue weighted by molar-refractivity contribution is -0.276. The summed E-state index contributed by atoms with van der Waals surface area (Å²) in [5.41, 5.74) is -1.19. The average Bonchev–Trinajstić information content (AvgIpc) is 2.07. The largest absolute Gasteiger partial charge is 0.574 e. The summed E-state index contributed by atoms with van der Waals surface area (Å²) >= 11 is 2.60. The van der Waals surface area contributed by atoms with E-state index in [2.05, 4.69) is 25.7 Å². The average molecular weight is 308 g/mol. The lowest BCUT2D eigenvalue weighted by Gasteiger charge is -2.11. The van der Waals surface area contributed by atoms with Crippen molar-refractivity contribution in [2.75, 3.05) is 0 Å². The minimum atomic E-state index is -5.04. The van der Waals surface area contributed by atoms with E-state index in [0.29, 0.717) is 6.07 Å². The number of alkyl halides is 5. The topological polar surface area (TPSA) is 42.4 Å². The molecule has 0 aliphatic rings. The summed E-state index contributed by atoms with van der Waals surface area (Å²) in [4.78, 5) is 2.85. The molecule has 1 rings (SSSR count). The summed E-state index contributed by atoms with van der Waals surface area (Å²) in [5, 5.41) is 9.06. The Morgan fingerprint density at radius 2 is 1.94 bits per heavy atom. The monoisotopic (exact) mass is 307 g/mol. The maximum Gasteiger partial charge on any atom is 0.574 e. The minimum absolute atomic E-state index is 0.364. The normalized spacial score (nSPS) is 11.9. The van der Waals surface area contributed by atoms with E-state index < -0.39 is 30.1 Å². The highest BCUT2D eigenvalue weighted by Gasteiger charge is 2.33. The fourth-order valence-electron chi connectivity index (χ4n) is 0.826. The van der Waals surface area contributed by atoms with E-state index in [1.165, 1.54) is 0 Å². The molecule has 0 aromatic carbocycles. The van der Waals surface area contributed by atoms with Gasteiger partial charge in [-0.05, 0) is 15.9 Å². The highest BCUT2D eigenvalue weighted by atomic mass is 79.9. The molecule has 0 saturated carbocycles. The smallest absolute Gasteiger partial charge is 0.505 e. The molecule has 0 amide bonds. The van der Waals surface area contributed by atoms with Gasteiger partial charge in [-0.15, -0.1) is 13.2 Å². The molecule has 90 valence electrons. The second kappa shape index (κ2) is 4.40. The predicted molar refractivity (Wildman–Crippen MR) is 45.2 cm³/mol. The maximum absolute atomic E-state index is 12.2. The first kappa shape index (κ1) is 12.9. The molecule has 1 heterocycles. The number of halogens is 6. The van der Waals surface area contributed by atoms with Gasteiger partial charge in [-0.2, -0.15) is 0 Å². The quantitative estimate of drug-likeness (QED) is 0.852. The van der Waals surface area contributed by atoms with Gasteiger partial charge in [0.25, 0.3) is 6.43 Å². The number of hydrogen-bond donors (Lipinski definition) is 1. The Morgan fingerprint density at radius 3 is 2.38 bits per heavy atom. The van der Waals surface area contributed by atoms with Gasteiger partial charge >= 0.3 is 6.36 Å². The molecule has 0 fully saturated rings. The van der Waals surface area contributed by atoms with Crippen LogP contribution in [-0.2, 0) is 0 Å². The van der Waals surface area contributed by atoms with Crippen LogP contribution in [0.25, 0.3) is 0 Å². The van der Waals surface area contributed by atoms with Crippen LogP contribution in [0, 0.1) is 0 Å². The van der Waals surface area contributed by atoms with Crippen LogP contribution in [0.4, 0.5) is 22.0 Å². The fourth-order valence-corrected chi connectivity index (χ4v) is 1.23. The number of ether oxygens (including phenoxy) is 1. The van der Waals surface area contributed by atoms with Crippen LogP contribution in [0.3, 0.4) is 0 Å². The first-order chi connectivity index (χ1) is 7.20. The van der Waals surface area contributed by atoms with Gasteiger partial charge in [-0.3, -0.25) is 0 Å². The Hall–Kier alpha value is -1.12. The van der Waals surface area contributed by atoms with E-state index in [4.69, 9.17) is 5.11 Å². The van der Waals surface area contributed by atoms with Crippen molar-refractivity contribution >= 4 is 15.9 Å². The number of aromatic nitrogens is 1. The lowest BCUT2D eigenvalue weighted by atomic mass is 10.3. The number of hydrogen-bond acceptors (Lipinski definition) is 3. The van der Waals surface area contributed by atoms with Crippen LogP contribution in [0.5, 0.6) is 11.6 Å². The molecule has 3 nitrogen and oxygen atoms in total. The lowest BCUT2D eigenvalue weighted by Crippen LogP contribution is -2.18. The summed E-state index contributed by atoms with van der Waals surface area (Å²) in [5.74, 6) is -2.00. The van der Waals surface area contributed by atoms with Crippen LogP contribution < -0.4 is 4.74 Å². The molecule has 9 heteroatoms. The highest BCUT2D eigenvalue weighted by Crippen LogP contribution is 2.36. The van der Waals surface area contributed by atoms with Gasteiger partial charge in [0.05, 0.1) is 4.47 Å². The van der Waals surface area contributed by atoms with Crippen molar-refractivity contribution in [3.8, 4) is 11.6 Å². The van der Waals surface area contributed by atoms with Crippen molar-refractivity contribution in [3.63, 3.8) is 0 Å². The van der Waals surface area contributed by atoms with E-state index in [0.717, 1.165) is 0 Å². The SMILES string of the molecule is Oc1c(Br)cc(OC(F)(F)F)nc1C(F)F. The fraction of sp³-hybridized carbons (Fsp3) is 0.286. The van der Waals surface area contributed by atoms with Crippen molar-refractivity contribution < 1.29 is 31.8 Å². The maximum atomic E-state index is 12.2. The molecule has 0 radical (unpaired) electrons. The Bertz CT molecular complexity index is 395. The molecule has 0 spiro atoms. The molecule has 1 aromatic rings. The van der Waals surface area contributed by atoms with Crippen LogP contribution in [0.2, 0.25) is 0 Å². The van der Waals surface area contributed by atoms with Crippen molar-refractivity contribution in [1.29, 1.82) is 0 Å². The molecule has 0 saturated heterocycles. The zero-order chi connectivity index (χ0) is 12.5. The van der Waals surface area contributed by atoms with Crippen LogP contribution in [0.1, 0.15) is 12.1 Å². The van der Waals surface area contributed by atoms with Crippen LogP contribution >= 0.6 is 15.9 Å². The molecular formula is C7H3BrF5NO2. The summed E-state index contributed by atoms with van der Waals surface area (Å²) in [6, 6.07) is 0.634. The third-order valence-electron chi connectivity index (χ3n) is 1.38. The number of pyridine rings is 1. The number of rotatable bonds is 2. The molecule has 1 N–H and O–H groups in total. The first-order valence-corrected chi connectivity index (χ1v) is 4.43. The van der Waals surface area contributed by atoms with Gasteiger partial charge in [0.1, 0.15) is 0 Å². The summed E-state index contributed by atoms with van der Waals surface area (Å²) in [7, 11) is 0. The van der Waals surface area contributed by atoms with Crippen LogP contribution in [-0.4, -0.2) is 16.5 Å². The Morgan fingerprint density at radius 1 is 1.38 bits per heavy atom. The molecule has 0 aliphatic heterocycles. The van der Waals surface area contributed by atoms with Gasteiger partial charge < -0.3 is 9.84 Å². The third-order valence-corrected chi connectivity index (χ3v) is 1.98. The zero-order valence-electron chi connectivity index (χ0n) is 7.23. The predicted octanol–water partition coefficient (Wildman–Crippen LogP) is 3.39. The van der Waals surface area contributed by atoms with E-state index in [9.17, 15) is 22.0 Å². The van der Waals surface area contributed by atoms with E-state index in [-0.39, 0.29) is 4.47 Å². The van der Waals surface area contributed by atoms with Crippen molar-refractivity contribution in [3.05, 3.63) is 16.2 Å². The van der Waals surface area contributed by atoms with Crippen molar-refractivity contribution in [2.45, 2.75) is 12.8 Å². The molecule has 0 bridgehead atoms. The number of nitrogens with zero attached hydrogens (tertiary/aromatic N) is 1. The molecule has 1 aromatic heterocycles.